The average molecular weight is 502 g/mol. The molecule has 6 nitrogen and oxygen atoms in total. The highest BCUT2D eigenvalue weighted by molar-refractivity contribution is 5.77. The van der Waals surface area contributed by atoms with E-state index in [2.05, 4.69) is 21.6 Å². The van der Waals surface area contributed by atoms with Gasteiger partial charge in [0.25, 0.3) is 0 Å². The van der Waals surface area contributed by atoms with Gasteiger partial charge in [0.1, 0.15) is 12.2 Å². The minimum absolute atomic E-state index is 0.0293. The number of halogens is 3. The minimum Gasteiger partial charge on any atom is -0.336 e. The largest absolute Gasteiger partial charge is 0.397 e. The molecule has 5 atom stereocenters. The molecule has 1 aromatic carbocycles. The maximum absolute atomic E-state index is 12.8. The highest BCUT2D eigenvalue weighted by atomic mass is 19.4. The van der Waals surface area contributed by atoms with E-state index in [-0.39, 0.29) is 18.6 Å². The Kier molecular flexibility index (Phi) is 5.72. The number of hydrogen-bond donors (Lipinski definition) is 1. The van der Waals surface area contributed by atoms with Gasteiger partial charge in [-0.2, -0.15) is 13.2 Å². The number of aromatic nitrogens is 2. The van der Waals surface area contributed by atoms with Gasteiger partial charge >= 0.3 is 6.18 Å². The van der Waals surface area contributed by atoms with E-state index in [0.29, 0.717) is 30.5 Å². The minimum atomic E-state index is -4.48. The summed E-state index contributed by atoms with van der Waals surface area (Å²) < 4.78 is 40.8. The number of amides is 1. The van der Waals surface area contributed by atoms with Crippen LogP contribution in [0.1, 0.15) is 73.4 Å². The van der Waals surface area contributed by atoms with Crippen molar-refractivity contribution in [3.63, 3.8) is 0 Å². The molecule has 6 rings (SSSR count). The summed E-state index contributed by atoms with van der Waals surface area (Å²) in [6.45, 7) is 3.50. The predicted octanol–water partition coefficient (Wildman–Crippen LogP) is 4.29. The third-order valence-electron chi connectivity index (χ3n) is 9.35. The third kappa shape index (κ3) is 3.86. The highest BCUT2D eigenvalue weighted by Crippen LogP contribution is 2.67. The van der Waals surface area contributed by atoms with E-state index < -0.39 is 18.5 Å². The molecule has 36 heavy (non-hydrogen) atoms. The van der Waals surface area contributed by atoms with Gasteiger partial charge in [0.15, 0.2) is 0 Å². The lowest BCUT2D eigenvalue weighted by molar-refractivity contribution is -0.188. The van der Waals surface area contributed by atoms with Crippen LogP contribution in [0.25, 0.3) is 0 Å². The van der Waals surface area contributed by atoms with Gasteiger partial charge in [-0.15, -0.1) is 0 Å². The first-order chi connectivity index (χ1) is 17.2. The molecule has 1 aromatic heterocycles. The number of aryl methyl sites for hydroxylation is 1. The van der Waals surface area contributed by atoms with Gasteiger partial charge in [0.05, 0.1) is 17.9 Å². The number of carbonyl (C=O) groups excluding carboxylic acids is 1. The molecule has 1 spiro atoms. The van der Waals surface area contributed by atoms with Crippen LogP contribution in [-0.4, -0.2) is 56.6 Å². The molecule has 4 unspecified atom stereocenters. The molecule has 0 bridgehead atoms. The van der Waals surface area contributed by atoms with Crippen LogP contribution in [-0.2, 0) is 17.8 Å². The first kappa shape index (κ1) is 24.0. The molecule has 0 radical (unpaired) electrons. The lowest BCUT2D eigenvalue weighted by Crippen LogP contribution is -2.74. The highest BCUT2D eigenvalue weighted by Gasteiger charge is 2.69. The predicted molar refractivity (Wildman–Crippen MR) is 129 cm³/mol. The molecule has 4 aliphatic rings. The van der Waals surface area contributed by atoms with Gasteiger partial charge in [-0.3, -0.25) is 9.69 Å². The monoisotopic (exact) mass is 501 g/mol. The maximum Gasteiger partial charge on any atom is 0.397 e. The van der Waals surface area contributed by atoms with Crippen LogP contribution in [0.15, 0.2) is 30.3 Å². The number of imidazole rings is 1. The van der Waals surface area contributed by atoms with Crippen LogP contribution in [0.4, 0.5) is 13.2 Å². The average Bonchev–Trinajstić information content (AvgIpc) is 3.36. The Balaban J connectivity index is 1.16. The Hall–Kier alpha value is -2.39. The summed E-state index contributed by atoms with van der Waals surface area (Å²) in [6, 6.07) is 11.7. The molecule has 1 saturated heterocycles. The van der Waals surface area contributed by atoms with Crippen molar-refractivity contribution in [3.05, 3.63) is 53.1 Å². The molecule has 2 aromatic rings. The molecule has 2 aliphatic carbocycles. The molecular weight excluding hydrogens is 467 g/mol. The molecule has 2 saturated carbocycles. The summed E-state index contributed by atoms with van der Waals surface area (Å²) in [5.74, 6) is 0.0740. The SMILES string of the molecule is Cc1nc2c(n1C1CC3N(CC[C@H](N)c4ccccc4)C4CCC43C1)CN(C(=O)CC(F)(F)F)CC2. The van der Waals surface area contributed by atoms with Crippen molar-refractivity contribution in [3.8, 4) is 0 Å². The second-order valence-corrected chi connectivity index (χ2v) is 11.2. The summed E-state index contributed by atoms with van der Waals surface area (Å²) >= 11 is 0. The van der Waals surface area contributed by atoms with E-state index in [1.165, 1.54) is 23.3 Å². The Bertz CT molecular complexity index is 1150. The first-order valence-electron chi connectivity index (χ1n) is 13.1. The number of carbonyl (C=O) groups is 1. The van der Waals surface area contributed by atoms with E-state index >= 15 is 0 Å². The summed E-state index contributed by atoms with van der Waals surface area (Å²) in [5, 5.41) is 0. The van der Waals surface area contributed by atoms with E-state index in [4.69, 9.17) is 10.7 Å². The number of rotatable bonds is 6. The van der Waals surface area contributed by atoms with Gasteiger partial charge in [0.2, 0.25) is 5.91 Å². The van der Waals surface area contributed by atoms with Crippen LogP contribution in [0.2, 0.25) is 0 Å². The Labute approximate surface area is 209 Å². The summed E-state index contributed by atoms with van der Waals surface area (Å²) in [5.41, 5.74) is 9.89. The van der Waals surface area contributed by atoms with Crippen LogP contribution in [0, 0.1) is 12.3 Å². The van der Waals surface area contributed by atoms with Crippen molar-refractivity contribution in [2.24, 2.45) is 11.1 Å². The summed E-state index contributed by atoms with van der Waals surface area (Å²) in [4.78, 5) is 21.1. The molecule has 1 amide bonds. The van der Waals surface area contributed by atoms with E-state index in [1.807, 2.05) is 25.1 Å². The lowest BCUT2D eigenvalue weighted by atomic mass is 9.53. The second kappa shape index (κ2) is 8.58. The molecule has 3 fully saturated rings. The van der Waals surface area contributed by atoms with Crippen LogP contribution >= 0.6 is 0 Å². The molecule has 2 N–H and O–H groups in total. The number of nitrogens with two attached hydrogens (primary N) is 1. The molecule has 3 heterocycles. The number of benzene rings is 1. The normalized spacial score (nSPS) is 30.1. The van der Waals surface area contributed by atoms with E-state index in [0.717, 1.165) is 43.0 Å². The number of piperidine rings is 1. The fourth-order valence-corrected chi connectivity index (χ4v) is 7.68. The zero-order valence-electron chi connectivity index (χ0n) is 20.7. The van der Waals surface area contributed by atoms with Crippen LogP contribution < -0.4 is 5.73 Å². The fraction of sp³-hybridized carbons (Fsp3) is 0.630. The van der Waals surface area contributed by atoms with Gasteiger partial charge in [0, 0.05) is 49.1 Å². The number of alkyl halides is 3. The zero-order valence-corrected chi connectivity index (χ0v) is 20.7. The van der Waals surface area contributed by atoms with Crippen molar-refractivity contribution in [2.75, 3.05) is 13.1 Å². The van der Waals surface area contributed by atoms with Crippen molar-refractivity contribution in [1.82, 2.24) is 19.4 Å². The van der Waals surface area contributed by atoms with Crippen molar-refractivity contribution in [1.29, 1.82) is 0 Å². The standard InChI is InChI=1S/C27H34F3N5O/c1-17-32-21-9-11-33(25(36)15-27(28,29)30)16-22(21)35(17)19-13-24-26(14-19)10-7-23(26)34(24)12-8-20(31)18-5-3-2-4-6-18/h2-6,19-20,23-24H,7-16,31H2,1H3/t19?,20-,23?,24?,26?/m0/s1. The van der Waals surface area contributed by atoms with Crippen LogP contribution in [0.3, 0.4) is 0 Å². The van der Waals surface area contributed by atoms with Crippen molar-refractivity contribution < 1.29 is 18.0 Å². The van der Waals surface area contributed by atoms with Crippen molar-refractivity contribution in [2.45, 2.75) is 88.8 Å². The van der Waals surface area contributed by atoms with Gasteiger partial charge in [-0.05, 0) is 44.6 Å². The number of nitrogens with zero attached hydrogens (tertiary/aromatic N) is 4. The van der Waals surface area contributed by atoms with Gasteiger partial charge < -0.3 is 15.2 Å². The second-order valence-electron chi connectivity index (χ2n) is 11.2. The summed E-state index contributed by atoms with van der Waals surface area (Å²) in [6.07, 6.45) is 0.139. The third-order valence-corrected chi connectivity index (χ3v) is 9.35. The first-order valence-corrected chi connectivity index (χ1v) is 13.1. The Morgan fingerprint density at radius 1 is 1.25 bits per heavy atom. The van der Waals surface area contributed by atoms with Gasteiger partial charge in [-0.1, -0.05) is 30.3 Å². The van der Waals surface area contributed by atoms with E-state index in [1.54, 1.807) is 0 Å². The molecule has 194 valence electrons. The Morgan fingerprint density at radius 2 is 2.03 bits per heavy atom. The number of fused-ring (bicyclic) bond motifs is 1. The van der Waals surface area contributed by atoms with Crippen molar-refractivity contribution >= 4 is 5.91 Å². The smallest absolute Gasteiger partial charge is 0.336 e. The number of likely N-dealkylation sites (tertiary alicyclic amines) is 1. The molecule has 2 aliphatic heterocycles. The topological polar surface area (TPSA) is 67.4 Å². The molecular formula is C27H34F3N5O. The Morgan fingerprint density at radius 3 is 2.72 bits per heavy atom. The van der Waals surface area contributed by atoms with Gasteiger partial charge in [-0.25, -0.2) is 4.98 Å². The molecule has 9 heteroatoms. The summed E-state index contributed by atoms with van der Waals surface area (Å²) in [7, 11) is 0. The maximum atomic E-state index is 12.8. The quantitative estimate of drug-likeness (QED) is 0.642. The number of hydrogen-bond acceptors (Lipinski definition) is 4. The fourth-order valence-electron chi connectivity index (χ4n) is 7.68. The lowest BCUT2D eigenvalue weighted by Gasteiger charge is -2.68. The van der Waals surface area contributed by atoms with Crippen LogP contribution in [0.5, 0.6) is 0 Å². The van der Waals surface area contributed by atoms with E-state index in [9.17, 15) is 18.0 Å². The zero-order chi connectivity index (χ0) is 25.2.